The fraction of sp³-hybridized carbons (Fsp3) is 0.700. The third-order valence-corrected chi connectivity index (χ3v) is 5.62. The van der Waals surface area contributed by atoms with Gasteiger partial charge in [-0.3, -0.25) is 9.69 Å². The maximum absolute atomic E-state index is 12.6. The second kappa shape index (κ2) is 9.05. The zero-order chi connectivity index (χ0) is 18.5. The molecule has 0 bridgehead atoms. The number of hydrogen-bond donors (Lipinski definition) is 1. The maximum atomic E-state index is 12.6. The van der Waals surface area contributed by atoms with Crippen LogP contribution < -0.4 is 5.32 Å². The molecule has 144 valence electrons. The Morgan fingerprint density at radius 2 is 2.04 bits per heavy atom. The van der Waals surface area contributed by atoms with E-state index >= 15 is 0 Å². The van der Waals surface area contributed by atoms with E-state index in [1.165, 1.54) is 25.8 Å². The van der Waals surface area contributed by atoms with Crippen molar-refractivity contribution in [2.75, 3.05) is 38.0 Å². The first-order valence-electron chi connectivity index (χ1n) is 9.97. The molecule has 1 amide bonds. The number of halogens is 1. The van der Waals surface area contributed by atoms with Gasteiger partial charge in [0.25, 0.3) is 5.91 Å². The van der Waals surface area contributed by atoms with Gasteiger partial charge in [-0.2, -0.15) is 0 Å². The lowest BCUT2D eigenvalue weighted by Crippen LogP contribution is -2.37. The lowest BCUT2D eigenvalue weighted by molar-refractivity contribution is 0.0724. The summed E-state index contributed by atoms with van der Waals surface area (Å²) >= 11 is 6.41. The van der Waals surface area contributed by atoms with Gasteiger partial charge in [0.05, 0.1) is 10.6 Å². The number of aromatic nitrogens is 1. The summed E-state index contributed by atoms with van der Waals surface area (Å²) < 4.78 is 0. The zero-order valence-electron chi connectivity index (χ0n) is 16.0. The standard InChI is InChI=1S/C20H31ClN4O/c1-15(2)14-25-10-6-7-17(25)13-23-19-18(21)11-16(12-22-19)20(26)24-8-4-3-5-9-24/h11-12,15,17H,3-10,13-14H2,1-2H3,(H,22,23)/t17-/m1/s1. The lowest BCUT2D eigenvalue weighted by atomic mass is 10.1. The van der Waals surface area contributed by atoms with E-state index in [1.807, 2.05) is 4.90 Å². The van der Waals surface area contributed by atoms with Crippen molar-refractivity contribution in [3.05, 3.63) is 22.8 Å². The van der Waals surface area contributed by atoms with Crippen molar-refractivity contribution in [1.29, 1.82) is 0 Å². The molecule has 0 spiro atoms. The van der Waals surface area contributed by atoms with Crippen molar-refractivity contribution in [2.45, 2.75) is 52.0 Å². The number of nitrogens with zero attached hydrogens (tertiary/aromatic N) is 3. The van der Waals surface area contributed by atoms with Crippen LogP contribution in [0.25, 0.3) is 0 Å². The Morgan fingerprint density at radius 3 is 2.73 bits per heavy atom. The van der Waals surface area contributed by atoms with Crippen LogP contribution in [-0.4, -0.2) is 59.5 Å². The summed E-state index contributed by atoms with van der Waals surface area (Å²) in [5, 5.41) is 3.92. The largest absolute Gasteiger partial charge is 0.367 e. The maximum Gasteiger partial charge on any atom is 0.255 e. The Labute approximate surface area is 162 Å². The minimum atomic E-state index is 0.0459. The van der Waals surface area contributed by atoms with Gasteiger partial charge in [-0.25, -0.2) is 4.98 Å². The van der Waals surface area contributed by atoms with Crippen molar-refractivity contribution in [3.63, 3.8) is 0 Å². The second-order valence-electron chi connectivity index (χ2n) is 7.97. The van der Waals surface area contributed by atoms with Gasteiger partial charge < -0.3 is 10.2 Å². The van der Waals surface area contributed by atoms with Crippen LogP contribution in [0.1, 0.15) is 56.3 Å². The van der Waals surface area contributed by atoms with Crippen molar-refractivity contribution in [1.82, 2.24) is 14.8 Å². The number of carbonyl (C=O) groups excluding carboxylic acids is 1. The SMILES string of the molecule is CC(C)CN1CCC[C@@H]1CNc1ncc(C(=O)N2CCCCC2)cc1Cl. The normalized spacial score (nSPS) is 21.4. The molecule has 3 heterocycles. The highest BCUT2D eigenvalue weighted by Crippen LogP contribution is 2.24. The number of amides is 1. The van der Waals surface area contributed by atoms with E-state index in [0.717, 1.165) is 39.0 Å². The van der Waals surface area contributed by atoms with E-state index < -0.39 is 0 Å². The van der Waals surface area contributed by atoms with Crippen LogP contribution in [0.2, 0.25) is 5.02 Å². The van der Waals surface area contributed by atoms with Crippen LogP contribution in [0.3, 0.4) is 0 Å². The number of carbonyl (C=O) groups is 1. The molecule has 2 aliphatic rings. The van der Waals surface area contributed by atoms with Gasteiger partial charge in [-0.1, -0.05) is 25.4 Å². The van der Waals surface area contributed by atoms with E-state index in [0.29, 0.717) is 28.4 Å². The fourth-order valence-electron chi connectivity index (χ4n) is 4.01. The highest BCUT2D eigenvalue weighted by molar-refractivity contribution is 6.33. The number of likely N-dealkylation sites (tertiary alicyclic amines) is 2. The molecule has 0 aliphatic carbocycles. The Bertz CT molecular complexity index is 616. The Balaban J connectivity index is 1.58. The van der Waals surface area contributed by atoms with Crippen molar-refractivity contribution < 1.29 is 4.79 Å². The molecule has 1 aromatic rings. The predicted molar refractivity (Wildman–Crippen MR) is 107 cm³/mol. The summed E-state index contributed by atoms with van der Waals surface area (Å²) in [6, 6.07) is 2.29. The number of pyridine rings is 1. The fourth-order valence-corrected chi connectivity index (χ4v) is 4.25. The minimum absolute atomic E-state index is 0.0459. The third-order valence-electron chi connectivity index (χ3n) is 5.34. The first kappa shape index (κ1) is 19.4. The van der Waals surface area contributed by atoms with Gasteiger partial charge in [0.15, 0.2) is 0 Å². The number of anilines is 1. The molecule has 1 aromatic heterocycles. The monoisotopic (exact) mass is 378 g/mol. The van der Waals surface area contributed by atoms with Gasteiger partial charge in [-0.15, -0.1) is 0 Å². The highest BCUT2D eigenvalue weighted by atomic mass is 35.5. The molecule has 0 saturated carbocycles. The van der Waals surface area contributed by atoms with Crippen molar-refractivity contribution >= 4 is 23.3 Å². The summed E-state index contributed by atoms with van der Waals surface area (Å²) in [4.78, 5) is 21.5. The minimum Gasteiger partial charge on any atom is -0.367 e. The van der Waals surface area contributed by atoms with E-state index in [2.05, 4.69) is 29.0 Å². The zero-order valence-corrected chi connectivity index (χ0v) is 16.8. The molecule has 1 N–H and O–H groups in total. The van der Waals surface area contributed by atoms with Gasteiger partial charge in [-0.05, 0) is 50.6 Å². The van der Waals surface area contributed by atoms with E-state index in [1.54, 1.807) is 12.3 Å². The smallest absolute Gasteiger partial charge is 0.255 e. The molecule has 5 nitrogen and oxygen atoms in total. The third kappa shape index (κ3) is 4.89. The van der Waals surface area contributed by atoms with Crippen molar-refractivity contribution in [3.8, 4) is 0 Å². The van der Waals surface area contributed by atoms with Crippen LogP contribution in [0.4, 0.5) is 5.82 Å². The van der Waals surface area contributed by atoms with Crippen LogP contribution in [0.5, 0.6) is 0 Å². The van der Waals surface area contributed by atoms with Crippen LogP contribution >= 0.6 is 11.6 Å². The van der Waals surface area contributed by atoms with Crippen molar-refractivity contribution in [2.24, 2.45) is 5.92 Å². The quantitative estimate of drug-likeness (QED) is 0.815. The Kier molecular flexibility index (Phi) is 6.76. The Morgan fingerprint density at radius 1 is 1.27 bits per heavy atom. The summed E-state index contributed by atoms with van der Waals surface area (Å²) in [7, 11) is 0. The number of nitrogens with one attached hydrogen (secondary N) is 1. The molecular weight excluding hydrogens is 348 g/mol. The Hall–Kier alpha value is -1.33. The van der Waals surface area contributed by atoms with Crippen LogP contribution in [0, 0.1) is 5.92 Å². The molecule has 0 unspecified atom stereocenters. The molecule has 2 saturated heterocycles. The first-order valence-corrected chi connectivity index (χ1v) is 10.3. The molecule has 6 heteroatoms. The first-order chi connectivity index (χ1) is 12.5. The summed E-state index contributed by atoms with van der Waals surface area (Å²) in [5.41, 5.74) is 0.588. The summed E-state index contributed by atoms with van der Waals surface area (Å²) in [5.74, 6) is 1.40. The molecule has 26 heavy (non-hydrogen) atoms. The van der Waals surface area contributed by atoms with E-state index in [-0.39, 0.29) is 5.91 Å². The van der Waals surface area contributed by atoms with Gasteiger partial charge >= 0.3 is 0 Å². The van der Waals surface area contributed by atoms with Gasteiger partial charge in [0.1, 0.15) is 5.82 Å². The van der Waals surface area contributed by atoms with E-state index in [9.17, 15) is 4.79 Å². The molecule has 0 radical (unpaired) electrons. The number of piperidine rings is 1. The molecule has 0 aromatic carbocycles. The van der Waals surface area contributed by atoms with Crippen LogP contribution in [0.15, 0.2) is 12.3 Å². The summed E-state index contributed by atoms with van der Waals surface area (Å²) in [6.45, 7) is 9.36. The highest BCUT2D eigenvalue weighted by Gasteiger charge is 2.25. The van der Waals surface area contributed by atoms with Gasteiger partial charge in [0.2, 0.25) is 0 Å². The second-order valence-corrected chi connectivity index (χ2v) is 8.38. The number of hydrogen-bond acceptors (Lipinski definition) is 4. The average molecular weight is 379 g/mol. The van der Waals surface area contributed by atoms with Crippen LogP contribution in [-0.2, 0) is 0 Å². The topological polar surface area (TPSA) is 48.5 Å². The molecular formula is C20H31ClN4O. The average Bonchev–Trinajstić information content (AvgIpc) is 3.07. The van der Waals surface area contributed by atoms with E-state index in [4.69, 9.17) is 11.6 Å². The predicted octanol–water partition coefficient (Wildman–Crippen LogP) is 3.89. The molecule has 1 atom stereocenters. The lowest BCUT2D eigenvalue weighted by Gasteiger charge is -2.27. The van der Waals surface area contributed by atoms with Gasteiger partial charge in [0, 0.05) is 38.4 Å². The molecule has 3 rings (SSSR count). The molecule has 2 fully saturated rings. The molecule has 2 aliphatic heterocycles. The number of rotatable bonds is 6. The summed E-state index contributed by atoms with van der Waals surface area (Å²) in [6.07, 6.45) is 7.50.